The van der Waals surface area contributed by atoms with Gasteiger partial charge in [-0.15, -0.1) is 0 Å². The number of thiazole rings is 1. The maximum Gasteiger partial charge on any atom is 0.357 e. The number of fused-ring (bicyclic) bond motifs is 1. The van der Waals surface area contributed by atoms with E-state index in [1.807, 2.05) is 6.92 Å². The van der Waals surface area contributed by atoms with Crippen LogP contribution in [-0.4, -0.2) is 15.5 Å². The minimum Gasteiger partial charge on any atom is -0.477 e. The normalized spacial score (nSPS) is 10.8. The molecule has 2 heterocycles. The van der Waals surface area contributed by atoms with E-state index in [4.69, 9.17) is 5.11 Å². The Kier molecular flexibility index (Phi) is 2.08. The van der Waals surface area contributed by atoms with E-state index in [9.17, 15) is 9.59 Å². The molecule has 0 unspecified atom stereocenters. The van der Waals surface area contributed by atoms with Crippen LogP contribution in [0.4, 0.5) is 0 Å². The summed E-state index contributed by atoms with van der Waals surface area (Å²) in [6, 6.07) is 0. The number of carbonyl (C=O) groups is 1. The Morgan fingerprint density at radius 3 is 2.80 bits per heavy atom. The smallest absolute Gasteiger partial charge is 0.357 e. The molecule has 2 N–H and O–H groups in total. The number of hydrogen-bond acceptors (Lipinski definition) is 3. The van der Waals surface area contributed by atoms with Crippen molar-refractivity contribution in [1.82, 2.24) is 4.40 Å². The summed E-state index contributed by atoms with van der Waals surface area (Å²) in [5, 5.41) is 8.79. The molecule has 15 heavy (non-hydrogen) atoms. The third-order valence-electron chi connectivity index (χ3n) is 2.30. The maximum absolute atomic E-state index is 11.8. The van der Waals surface area contributed by atoms with Crippen LogP contribution in [0.15, 0.2) is 11.0 Å². The second kappa shape index (κ2) is 3.16. The molecule has 0 amide bonds. The van der Waals surface area contributed by atoms with Crippen molar-refractivity contribution in [3.8, 4) is 0 Å². The molecule has 0 spiro atoms. The van der Waals surface area contributed by atoms with E-state index in [0.717, 1.165) is 10.6 Å². The van der Waals surface area contributed by atoms with Crippen molar-refractivity contribution in [2.75, 3.05) is 0 Å². The number of carboxylic acid groups (broad SMARTS) is 1. The zero-order chi connectivity index (χ0) is 11.2. The largest absolute Gasteiger partial charge is 0.477 e. The molecule has 2 rings (SSSR count). The van der Waals surface area contributed by atoms with Gasteiger partial charge in [-0.2, -0.15) is 4.40 Å². The van der Waals surface area contributed by atoms with Crippen LogP contribution in [0.5, 0.6) is 0 Å². The molecular formula is C9H9N2O3S+. The van der Waals surface area contributed by atoms with Crippen LogP contribution in [0.25, 0.3) is 4.96 Å². The number of aromatic nitrogens is 2. The topological polar surface area (TPSA) is 72.9 Å². The first kappa shape index (κ1) is 9.85. The number of hydrogen-bond donors (Lipinski definition) is 1. The fraction of sp³-hybridized carbons (Fsp3) is 0.222. The monoisotopic (exact) mass is 225 g/mol. The summed E-state index contributed by atoms with van der Waals surface area (Å²) in [6.45, 7) is 3.68. The number of nitrogens with one attached hydrogen (secondary N) is 1. The van der Waals surface area contributed by atoms with E-state index >= 15 is 0 Å². The number of rotatable bonds is 1. The van der Waals surface area contributed by atoms with Gasteiger partial charge in [0.05, 0.1) is 4.88 Å². The highest BCUT2D eigenvalue weighted by Gasteiger charge is 2.21. The van der Waals surface area contributed by atoms with Gasteiger partial charge in [-0.3, -0.25) is 0 Å². The molecule has 0 aliphatic carbocycles. The van der Waals surface area contributed by atoms with E-state index in [0.29, 0.717) is 4.96 Å². The molecule has 78 valence electrons. The highest BCUT2D eigenvalue weighted by Crippen LogP contribution is 2.16. The lowest BCUT2D eigenvalue weighted by Gasteiger charge is -1.90. The summed E-state index contributed by atoms with van der Waals surface area (Å²) in [5.41, 5.74) is 0.0471. The van der Waals surface area contributed by atoms with Gasteiger partial charge in [0.1, 0.15) is 11.9 Å². The Hall–Kier alpha value is -1.69. The molecule has 0 aliphatic heterocycles. The van der Waals surface area contributed by atoms with Gasteiger partial charge >= 0.3 is 16.5 Å². The van der Waals surface area contributed by atoms with Crippen LogP contribution in [-0.2, 0) is 0 Å². The molecule has 2 aromatic heterocycles. The summed E-state index contributed by atoms with van der Waals surface area (Å²) >= 11 is 1.43. The molecule has 6 heteroatoms. The average Bonchev–Trinajstić information content (AvgIpc) is 2.43. The molecule has 0 bridgehead atoms. The Labute approximate surface area is 88.6 Å². The molecule has 0 aliphatic rings. The van der Waals surface area contributed by atoms with Gasteiger partial charge < -0.3 is 5.11 Å². The van der Waals surface area contributed by atoms with Crippen molar-refractivity contribution in [3.05, 3.63) is 32.7 Å². The van der Waals surface area contributed by atoms with Crippen molar-refractivity contribution in [2.45, 2.75) is 13.8 Å². The lowest BCUT2D eigenvalue weighted by molar-refractivity contribution is -0.347. The lowest BCUT2D eigenvalue weighted by atomic mass is 10.3. The summed E-state index contributed by atoms with van der Waals surface area (Å²) in [4.78, 5) is 27.0. The van der Waals surface area contributed by atoms with Crippen LogP contribution in [0, 0.1) is 13.8 Å². The molecule has 0 saturated heterocycles. The van der Waals surface area contributed by atoms with Crippen LogP contribution in [0.1, 0.15) is 20.9 Å². The van der Waals surface area contributed by atoms with Gasteiger partial charge in [-0.1, -0.05) is 11.3 Å². The second-order valence-corrected chi connectivity index (χ2v) is 4.40. The van der Waals surface area contributed by atoms with Gasteiger partial charge in [0.15, 0.2) is 5.56 Å². The van der Waals surface area contributed by atoms with Crippen molar-refractivity contribution in [2.24, 2.45) is 0 Å². The number of aromatic carboxylic acids is 1. The van der Waals surface area contributed by atoms with E-state index < -0.39 is 11.5 Å². The van der Waals surface area contributed by atoms with Crippen molar-refractivity contribution < 1.29 is 14.9 Å². The first-order chi connectivity index (χ1) is 7.02. The zero-order valence-corrected chi connectivity index (χ0v) is 9.01. The first-order valence-corrected chi connectivity index (χ1v) is 5.10. The fourth-order valence-corrected chi connectivity index (χ4v) is 2.34. The first-order valence-electron chi connectivity index (χ1n) is 4.29. The van der Waals surface area contributed by atoms with Crippen molar-refractivity contribution in [3.63, 3.8) is 0 Å². The SMILES string of the molecule is Cc1sc2[nH+]cc(C(=O)O)c(=O)n2c1C. The predicted octanol–water partition coefficient (Wildman–Crippen LogP) is 0.490. The van der Waals surface area contributed by atoms with Crippen LogP contribution in [0.3, 0.4) is 0 Å². The Bertz CT molecular complexity index is 612. The third kappa shape index (κ3) is 1.33. The quantitative estimate of drug-likeness (QED) is 0.767. The van der Waals surface area contributed by atoms with E-state index in [1.165, 1.54) is 21.9 Å². The standard InChI is InChI=1S/C9H8N2O3S/c1-4-5(2)15-9-10-3-6(8(13)14)7(12)11(4)9/h3H,1-2H3,(H,13,14)/p+1. The molecule has 0 fully saturated rings. The van der Waals surface area contributed by atoms with Gasteiger partial charge in [-0.25, -0.2) is 14.6 Å². The number of aryl methyl sites for hydroxylation is 2. The van der Waals surface area contributed by atoms with Crippen molar-refractivity contribution in [1.29, 1.82) is 0 Å². The summed E-state index contributed by atoms with van der Waals surface area (Å²) in [6.07, 6.45) is 1.23. The number of nitrogens with zero attached hydrogens (tertiary/aromatic N) is 1. The summed E-state index contributed by atoms with van der Waals surface area (Å²) in [5.74, 6) is -1.21. The van der Waals surface area contributed by atoms with Gasteiger partial charge in [0.25, 0.3) is 0 Å². The molecule has 2 aromatic rings. The fourth-order valence-electron chi connectivity index (χ4n) is 1.38. The summed E-state index contributed by atoms with van der Waals surface area (Å²) < 4.78 is 1.39. The van der Waals surface area contributed by atoms with E-state index in [2.05, 4.69) is 4.98 Å². The van der Waals surface area contributed by atoms with E-state index in [-0.39, 0.29) is 5.56 Å². The number of carboxylic acids is 1. The molecule has 5 nitrogen and oxygen atoms in total. The predicted molar refractivity (Wildman–Crippen MR) is 54.5 cm³/mol. The summed E-state index contributed by atoms with van der Waals surface area (Å²) in [7, 11) is 0. The Balaban J connectivity index is 2.95. The van der Waals surface area contributed by atoms with Gasteiger partial charge in [-0.05, 0) is 13.8 Å². The zero-order valence-electron chi connectivity index (χ0n) is 8.20. The minimum absolute atomic E-state index is 0.242. The molecular weight excluding hydrogens is 216 g/mol. The third-order valence-corrected chi connectivity index (χ3v) is 3.40. The molecule has 0 atom stereocenters. The highest BCUT2D eigenvalue weighted by atomic mass is 32.1. The van der Waals surface area contributed by atoms with Gasteiger partial charge in [0.2, 0.25) is 0 Å². The Morgan fingerprint density at radius 2 is 2.20 bits per heavy atom. The Morgan fingerprint density at radius 1 is 1.53 bits per heavy atom. The minimum atomic E-state index is -1.21. The average molecular weight is 225 g/mol. The number of aromatic amines is 1. The second-order valence-electron chi connectivity index (χ2n) is 3.20. The highest BCUT2D eigenvalue weighted by molar-refractivity contribution is 7.16. The van der Waals surface area contributed by atoms with Crippen LogP contribution < -0.4 is 10.5 Å². The van der Waals surface area contributed by atoms with E-state index in [1.54, 1.807) is 6.92 Å². The van der Waals surface area contributed by atoms with Crippen molar-refractivity contribution >= 4 is 22.3 Å². The molecule has 0 radical (unpaired) electrons. The lowest BCUT2D eigenvalue weighted by Crippen LogP contribution is -2.27. The number of H-pyrrole nitrogens is 1. The van der Waals surface area contributed by atoms with Gasteiger partial charge in [0, 0.05) is 0 Å². The molecule has 0 saturated carbocycles. The van der Waals surface area contributed by atoms with Crippen LogP contribution >= 0.6 is 11.3 Å². The van der Waals surface area contributed by atoms with Crippen LogP contribution in [0.2, 0.25) is 0 Å². The maximum atomic E-state index is 11.8. The molecule has 0 aromatic carbocycles.